The number of hydrogen-bond acceptors (Lipinski definition) is 8. The predicted octanol–water partition coefficient (Wildman–Crippen LogP) is 1.93. The van der Waals surface area contributed by atoms with Crippen LogP contribution in [0, 0.1) is 0 Å². The van der Waals surface area contributed by atoms with Crippen LogP contribution in [0.4, 0.5) is 0 Å². The summed E-state index contributed by atoms with van der Waals surface area (Å²) in [6.45, 7) is 0.709. The van der Waals surface area contributed by atoms with Gasteiger partial charge in [-0.1, -0.05) is 11.6 Å². The second kappa shape index (κ2) is 7.82. The lowest BCUT2D eigenvalue weighted by Crippen LogP contribution is -2.39. The van der Waals surface area contributed by atoms with Gasteiger partial charge in [0.1, 0.15) is 15.8 Å². The Morgan fingerprint density at radius 2 is 2.31 bits per heavy atom. The van der Waals surface area contributed by atoms with Crippen molar-refractivity contribution < 1.29 is 27.6 Å². The summed E-state index contributed by atoms with van der Waals surface area (Å²) in [7, 11) is -2.42. The molecule has 0 amide bonds. The van der Waals surface area contributed by atoms with E-state index in [1.54, 1.807) is 7.11 Å². The third kappa shape index (κ3) is 3.65. The van der Waals surface area contributed by atoms with E-state index in [0.29, 0.717) is 31.7 Å². The lowest BCUT2D eigenvalue weighted by atomic mass is 10.1. The SMILES string of the molecule is COCCc1noc(C2CCCCN2S(=O)(=O)c2ccsc2C(=O)O)n1. The van der Waals surface area contributed by atoms with E-state index in [1.165, 1.54) is 15.8 Å². The van der Waals surface area contributed by atoms with E-state index in [9.17, 15) is 18.3 Å². The molecule has 1 aliphatic rings. The van der Waals surface area contributed by atoms with E-state index in [1.807, 2.05) is 0 Å². The number of methoxy groups -OCH3 is 1. The Kier molecular flexibility index (Phi) is 5.70. The van der Waals surface area contributed by atoms with Crippen molar-refractivity contribution in [1.29, 1.82) is 0 Å². The first kappa shape index (κ1) is 19.0. The average Bonchev–Trinajstić information content (AvgIpc) is 3.29. The fraction of sp³-hybridized carbons (Fsp3) is 0.533. The minimum atomic E-state index is -3.99. The monoisotopic (exact) mass is 401 g/mol. The van der Waals surface area contributed by atoms with Crippen molar-refractivity contribution in [3.05, 3.63) is 28.0 Å². The van der Waals surface area contributed by atoms with Crippen LogP contribution in [-0.4, -0.2) is 54.2 Å². The number of aromatic carboxylic acids is 1. The van der Waals surface area contributed by atoms with Gasteiger partial charge in [0.25, 0.3) is 0 Å². The van der Waals surface area contributed by atoms with E-state index < -0.39 is 22.0 Å². The maximum absolute atomic E-state index is 13.1. The van der Waals surface area contributed by atoms with Crippen LogP contribution in [0.3, 0.4) is 0 Å². The highest BCUT2D eigenvalue weighted by molar-refractivity contribution is 7.89. The molecule has 26 heavy (non-hydrogen) atoms. The molecule has 1 saturated heterocycles. The average molecular weight is 401 g/mol. The first-order chi connectivity index (χ1) is 12.4. The smallest absolute Gasteiger partial charge is 0.347 e. The first-order valence-electron chi connectivity index (χ1n) is 8.09. The van der Waals surface area contributed by atoms with Crippen LogP contribution in [0.15, 0.2) is 20.9 Å². The number of ether oxygens (including phenoxy) is 1. The molecule has 1 atom stereocenters. The first-order valence-corrected chi connectivity index (χ1v) is 10.4. The Morgan fingerprint density at radius 1 is 1.50 bits per heavy atom. The van der Waals surface area contributed by atoms with Gasteiger partial charge in [0.2, 0.25) is 15.9 Å². The highest BCUT2D eigenvalue weighted by Crippen LogP contribution is 2.36. The summed E-state index contributed by atoms with van der Waals surface area (Å²) in [5.74, 6) is -0.579. The van der Waals surface area contributed by atoms with E-state index in [0.717, 1.165) is 17.8 Å². The normalized spacial score (nSPS) is 18.9. The van der Waals surface area contributed by atoms with Crippen molar-refractivity contribution >= 4 is 27.3 Å². The number of thiophene rings is 1. The number of rotatable bonds is 7. The van der Waals surface area contributed by atoms with Crippen molar-refractivity contribution in [2.45, 2.75) is 36.6 Å². The maximum atomic E-state index is 13.1. The second-order valence-corrected chi connectivity index (χ2v) is 8.61. The number of piperidine rings is 1. The molecule has 1 fully saturated rings. The molecule has 0 radical (unpaired) electrons. The molecule has 9 nitrogen and oxygen atoms in total. The third-order valence-corrected chi connectivity index (χ3v) is 7.14. The highest BCUT2D eigenvalue weighted by atomic mass is 32.2. The summed E-state index contributed by atoms with van der Waals surface area (Å²) in [5, 5.41) is 14.6. The standard InChI is InChI=1S/C15H19N3O6S2/c1-23-8-5-12-16-14(24-17-12)10-4-2-3-7-18(10)26(21,22)11-6-9-25-13(11)15(19)20/h6,9-10H,2-5,7-8H2,1H3,(H,19,20). The van der Waals surface area contributed by atoms with Crippen LogP contribution in [0.5, 0.6) is 0 Å². The molecule has 3 rings (SSSR count). The van der Waals surface area contributed by atoms with Gasteiger partial charge in [-0.15, -0.1) is 11.3 Å². The number of nitrogens with zero attached hydrogens (tertiary/aromatic N) is 3. The lowest BCUT2D eigenvalue weighted by Gasteiger charge is -2.32. The van der Waals surface area contributed by atoms with Crippen LogP contribution >= 0.6 is 11.3 Å². The zero-order valence-corrected chi connectivity index (χ0v) is 15.8. The van der Waals surface area contributed by atoms with Crippen molar-refractivity contribution in [3.63, 3.8) is 0 Å². The number of aromatic nitrogens is 2. The lowest BCUT2D eigenvalue weighted by molar-refractivity contribution is 0.0698. The summed E-state index contributed by atoms with van der Waals surface area (Å²) in [6.07, 6.45) is 2.51. The summed E-state index contributed by atoms with van der Waals surface area (Å²) in [4.78, 5) is 15.3. The Morgan fingerprint density at radius 3 is 3.04 bits per heavy atom. The molecule has 1 unspecified atom stereocenters. The molecule has 1 N–H and O–H groups in total. The van der Waals surface area contributed by atoms with Crippen LogP contribution in [0.2, 0.25) is 0 Å². The van der Waals surface area contributed by atoms with Crippen molar-refractivity contribution in [3.8, 4) is 0 Å². The van der Waals surface area contributed by atoms with E-state index in [2.05, 4.69) is 10.1 Å². The molecular formula is C15H19N3O6S2. The maximum Gasteiger partial charge on any atom is 0.347 e. The molecule has 0 spiro atoms. The number of hydrogen-bond donors (Lipinski definition) is 1. The zero-order chi connectivity index (χ0) is 18.7. The summed E-state index contributed by atoms with van der Waals surface area (Å²) in [6, 6.07) is 0.728. The van der Waals surface area contributed by atoms with Gasteiger partial charge >= 0.3 is 5.97 Å². The summed E-state index contributed by atoms with van der Waals surface area (Å²) >= 11 is 0.888. The molecule has 2 aromatic rings. The predicted molar refractivity (Wildman–Crippen MR) is 91.6 cm³/mol. The number of carbonyl (C=O) groups is 1. The van der Waals surface area contributed by atoms with Crippen LogP contribution in [-0.2, 0) is 21.2 Å². The van der Waals surface area contributed by atoms with Gasteiger partial charge < -0.3 is 14.4 Å². The third-order valence-electron chi connectivity index (χ3n) is 4.16. The van der Waals surface area contributed by atoms with Crippen molar-refractivity contribution in [1.82, 2.24) is 14.4 Å². The zero-order valence-electron chi connectivity index (χ0n) is 14.1. The van der Waals surface area contributed by atoms with Crippen LogP contribution in [0.1, 0.15) is 46.7 Å². The molecule has 3 heterocycles. The topological polar surface area (TPSA) is 123 Å². The Balaban J connectivity index is 1.92. The van der Waals surface area contributed by atoms with Gasteiger partial charge in [-0.3, -0.25) is 0 Å². The van der Waals surface area contributed by atoms with E-state index >= 15 is 0 Å². The molecule has 0 saturated carbocycles. The second-order valence-electron chi connectivity index (χ2n) is 5.84. The van der Waals surface area contributed by atoms with Crippen molar-refractivity contribution in [2.75, 3.05) is 20.3 Å². The molecule has 0 bridgehead atoms. The fourth-order valence-corrected chi connectivity index (χ4v) is 5.81. The van der Waals surface area contributed by atoms with Gasteiger partial charge in [-0.25, -0.2) is 13.2 Å². The fourth-order valence-electron chi connectivity index (χ4n) is 2.92. The Bertz CT molecular complexity index is 876. The number of sulfonamides is 1. The van der Waals surface area contributed by atoms with E-state index in [-0.39, 0.29) is 22.2 Å². The van der Waals surface area contributed by atoms with Crippen molar-refractivity contribution in [2.24, 2.45) is 0 Å². The molecule has 1 aliphatic heterocycles. The molecule has 2 aromatic heterocycles. The number of carboxylic acids is 1. The Hall–Kier alpha value is -1.82. The van der Waals surface area contributed by atoms with Crippen LogP contribution < -0.4 is 0 Å². The molecule has 0 aliphatic carbocycles. The molecule has 142 valence electrons. The van der Waals surface area contributed by atoms with Gasteiger partial charge in [0.05, 0.1) is 6.61 Å². The summed E-state index contributed by atoms with van der Waals surface area (Å²) < 4.78 is 37.7. The van der Waals surface area contributed by atoms with Gasteiger partial charge in [0, 0.05) is 20.1 Å². The summed E-state index contributed by atoms with van der Waals surface area (Å²) in [5.41, 5.74) is 0. The minimum absolute atomic E-state index is 0.193. The largest absolute Gasteiger partial charge is 0.477 e. The molecular weight excluding hydrogens is 382 g/mol. The highest BCUT2D eigenvalue weighted by Gasteiger charge is 2.39. The minimum Gasteiger partial charge on any atom is -0.477 e. The molecule has 0 aromatic carbocycles. The van der Waals surface area contributed by atoms with Gasteiger partial charge in [0.15, 0.2) is 5.82 Å². The Labute approximate surface area is 154 Å². The van der Waals surface area contributed by atoms with Gasteiger partial charge in [-0.2, -0.15) is 9.29 Å². The van der Waals surface area contributed by atoms with Crippen LogP contribution in [0.25, 0.3) is 0 Å². The van der Waals surface area contributed by atoms with E-state index in [4.69, 9.17) is 9.26 Å². The number of carboxylic acid groups (broad SMARTS) is 1. The quantitative estimate of drug-likeness (QED) is 0.747. The van der Waals surface area contributed by atoms with Gasteiger partial charge in [-0.05, 0) is 24.3 Å². The molecule has 11 heteroatoms.